The molecular formula is C20H12FNO5S. The van der Waals surface area contributed by atoms with Gasteiger partial charge >= 0.3 is 10.1 Å². The van der Waals surface area contributed by atoms with E-state index in [1.807, 2.05) is 0 Å². The fraction of sp³-hybridized carbons (Fsp3) is 0.0500. The molecular weight excluding hydrogens is 385 g/mol. The topological polar surface area (TPSA) is 90.4 Å². The van der Waals surface area contributed by atoms with Crippen LogP contribution in [0.1, 0.15) is 37.4 Å². The smallest absolute Gasteiger partial charge is 0.339 e. The van der Waals surface area contributed by atoms with Crippen LogP contribution in [0.3, 0.4) is 0 Å². The maximum atomic E-state index is 14.4. The number of rotatable bonds is 3. The Kier molecular flexibility index (Phi) is 4.08. The minimum absolute atomic E-state index is 0.00458. The largest absolute Gasteiger partial charge is 0.378 e. The predicted octanol–water partition coefficient (Wildman–Crippen LogP) is 3.07. The second kappa shape index (κ2) is 6.35. The Hall–Kier alpha value is -3.39. The second-order valence-electron chi connectivity index (χ2n) is 6.23. The average Bonchev–Trinajstić information content (AvgIpc) is 2.67. The van der Waals surface area contributed by atoms with Crippen molar-refractivity contribution in [2.75, 3.05) is 0 Å². The van der Waals surface area contributed by atoms with Crippen molar-refractivity contribution in [3.8, 4) is 5.75 Å². The van der Waals surface area contributed by atoms with Gasteiger partial charge in [-0.2, -0.15) is 8.42 Å². The Morgan fingerprint density at radius 2 is 1.57 bits per heavy atom. The molecule has 2 aromatic carbocycles. The third-order valence-corrected chi connectivity index (χ3v) is 5.64. The van der Waals surface area contributed by atoms with Crippen LogP contribution in [0.15, 0.2) is 59.8 Å². The lowest BCUT2D eigenvalue weighted by atomic mass is 9.84. The van der Waals surface area contributed by atoms with Gasteiger partial charge in [-0.3, -0.25) is 14.6 Å². The third-order valence-electron chi connectivity index (χ3n) is 4.39. The number of ketones is 2. The normalized spacial score (nSPS) is 13.1. The molecule has 0 fully saturated rings. The van der Waals surface area contributed by atoms with Crippen LogP contribution < -0.4 is 4.18 Å². The summed E-state index contributed by atoms with van der Waals surface area (Å²) >= 11 is 0. The molecule has 0 N–H and O–H groups in total. The van der Waals surface area contributed by atoms with Gasteiger partial charge in [-0.1, -0.05) is 17.7 Å². The maximum absolute atomic E-state index is 14.4. The highest BCUT2D eigenvalue weighted by Crippen LogP contribution is 2.35. The molecule has 1 aliphatic rings. The number of hydrogen-bond donors (Lipinski definition) is 0. The van der Waals surface area contributed by atoms with Gasteiger partial charge in [0.25, 0.3) is 0 Å². The number of benzene rings is 2. The summed E-state index contributed by atoms with van der Waals surface area (Å²) in [4.78, 5) is 29.2. The molecule has 4 rings (SSSR count). The summed E-state index contributed by atoms with van der Waals surface area (Å²) in [7, 11) is -4.30. The van der Waals surface area contributed by atoms with Crippen LogP contribution >= 0.6 is 0 Å². The van der Waals surface area contributed by atoms with Crippen molar-refractivity contribution in [1.82, 2.24) is 4.98 Å². The molecule has 0 saturated heterocycles. The second-order valence-corrected chi connectivity index (χ2v) is 7.77. The molecule has 0 atom stereocenters. The molecule has 0 aliphatic heterocycles. The predicted molar refractivity (Wildman–Crippen MR) is 96.5 cm³/mol. The highest BCUT2D eigenvalue weighted by atomic mass is 32.2. The molecule has 6 nitrogen and oxygen atoms in total. The quantitative estimate of drug-likeness (QED) is 0.494. The molecule has 1 heterocycles. The number of pyridine rings is 1. The van der Waals surface area contributed by atoms with Gasteiger partial charge in [0, 0.05) is 18.0 Å². The highest BCUT2D eigenvalue weighted by molar-refractivity contribution is 7.87. The number of nitrogens with zero attached hydrogens (tertiary/aromatic N) is 1. The summed E-state index contributed by atoms with van der Waals surface area (Å²) in [6.45, 7) is 1.80. The average molecular weight is 397 g/mol. The van der Waals surface area contributed by atoms with E-state index >= 15 is 0 Å². The molecule has 1 aromatic heterocycles. The van der Waals surface area contributed by atoms with Crippen molar-refractivity contribution in [1.29, 1.82) is 0 Å². The van der Waals surface area contributed by atoms with Crippen LogP contribution in [0.5, 0.6) is 5.75 Å². The molecule has 28 heavy (non-hydrogen) atoms. The lowest BCUT2D eigenvalue weighted by Gasteiger charge is -2.20. The molecule has 0 unspecified atom stereocenters. The van der Waals surface area contributed by atoms with Crippen LogP contribution in [0, 0.1) is 12.7 Å². The number of carbonyl (C=O) groups is 2. The molecule has 0 spiro atoms. The van der Waals surface area contributed by atoms with Gasteiger partial charge in [-0.05, 0) is 37.3 Å². The van der Waals surface area contributed by atoms with Crippen molar-refractivity contribution in [2.45, 2.75) is 11.8 Å². The lowest BCUT2D eigenvalue weighted by Crippen LogP contribution is -2.24. The number of aryl methyl sites for hydroxylation is 1. The first-order valence-corrected chi connectivity index (χ1v) is 9.57. The van der Waals surface area contributed by atoms with Crippen molar-refractivity contribution < 1.29 is 26.6 Å². The molecule has 0 saturated carbocycles. The van der Waals surface area contributed by atoms with E-state index in [1.54, 1.807) is 19.1 Å². The molecule has 0 bridgehead atoms. The Balaban J connectivity index is 1.86. The molecule has 1 aliphatic carbocycles. The van der Waals surface area contributed by atoms with Crippen molar-refractivity contribution in [3.63, 3.8) is 0 Å². The monoisotopic (exact) mass is 397 g/mol. The lowest BCUT2D eigenvalue weighted by molar-refractivity contribution is 0.0973. The first-order valence-electron chi connectivity index (χ1n) is 8.16. The highest BCUT2D eigenvalue weighted by Gasteiger charge is 2.36. The Labute approximate surface area is 159 Å². The van der Waals surface area contributed by atoms with Gasteiger partial charge in [-0.25, -0.2) is 4.39 Å². The van der Waals surface area contributed by atoms with E-state index in [-0.39, 0.29) is 16.0 Å². The zero-order chi connectivity index (χ0) is 20.1. The molecule has 3 aromatic rings. The van der Waals surface area contributed by atoms with Gasteiger partial charge in [0.2, 0.25) is 0 Å². The van der Waals surface area contributed by atoms with Crippen LogP contribution in [-0.4, -0.2) is 25.0 Å². The van der Waals surface area contributed by atoms with Crippen LogP contribution in [0.4, 0.5) is 4.39 Å². The molecule has 0 radical (unpaired) electrons. The number of fused-ring (bicyclic) bond motifs is 2. The van der Waals surface area contributed by atoms with Gasteiger partial charge in [0.15, 0.2) is 17.3 Å². The summed E-state index contributed by atoms with van der Waals surface area (Å²) in [5.74, 6) is -2.81. The first kappa shape index (κ1) is 18.0. The standard InChI is InChI=1S/C20H12FNO5S/c1-11-2-4-12(5-3-11)28(25,26)27-16-7-6-15(21)17-18(16)20(24)14-10-22-9-8-13(14)19(17)23/h2-10H,1H3. The number of hydrogen-bond acceptors (Lipinski definition) is 6. The Morgan fingerprint density at radius 3 is 2.29 bits per heavy atom. The van der Waals surface area contributed by atoms with E-state index < -0.39 is 44.4 Å². The molecule has 0 amide bonds. The number of aromatic nitrogens is 1. The molecule has 140 valence electrons. The van der Waals surface area contributed by atoms with E-state index in [0.29, 0.717) is 0 Å². The van der Waals surface area contributed by atoms with E-state index in [1.165, 1.54) is 30.6 Å². The van der Waals surface area contributed by atoms with Crippen LogP contribution in [0.25, 0.3) is 0 Å². The van der Waals surface area contributed by atoms with E-state index in [4.69, 9.17) is 4.18 Å². The fourth-order valence-corrected chi connectivity index (χ4v) is 3.93. The van der Waals surface area contributed by atoms with Gasteiger partial charge in [0.05, 0.1) is 16.7 Å². The van der Waals surface area contributed by atoms with Gasteiger partial charge in [0.1, 0.15) is 10.7 Å². The third kappa shape index (κ3) is 2.78. The minimum atomic E-state index is -4.30. The summed E-state index contributed by atoms with van der Waals surface area (Å²) in [5, 5.41) is 0. The summed E-state index contributed by atoms with van der Waals surface area (Å²) in [6.07, 6.45) is 2.50. The first-order chi connectivity index (χ1) is 13.3. The Morgan fingerprint density at radius 1 is 0.893 bits per heavy atom. The number of carbonyl (C=O) groups excluding carboxylic acids is 2. The van der Waals surface area contributed by atoms with Gasteiger partial charge in [-0.15, -0.1) is 0 Å². The maximum Gasteiger partial charge on any atom is 0.339 e. The van der Waals surface area contributed by atoms with E-state index in [0.717, 1.165) is 17.7 Å². The van der Waals surface area contributed by atoms with Crippen molar-refractivity contribution >= 4 is 21.7 Å². The van der Waals surface area contributed by atoms with Crippen LogP contribution in [0.2, 0.25) is 0 Å². The fourth-order valence-electron chi connectivity index (χ4n) is 2.99. The van der Waals surface area contributed by atoms with E-state index in [2.05, 4.69) is 4.98 Å². The SMILES string of the molecule is Cc1ccc(S(=O)(=O)Oc2ccc(F)c3c2C(=O)c2cnccc2C3=O)cc1. The summed E-state index contributed by atoms with van der Waals surface area (Å²) in [5.41, 5.74) is -0.127. The van der Waals surface area contributed by atoms with Crippen LogP contribution in [-0.2, 0) is 10.1 Å². The van der Waals surface area contributed by atoms with Crippen molar-refractivity contribution in [3.05, 3.63) is 88.5 Å². The summed E-state index contributed by atoms with van der Waals surface area (Å²) < 4.78 is 44.7. The number of halogens is 1. The Bertz CT molecular complexity index is 1250. The zero-order valence-electron chi connectivity index (χ0n) is 14.5. The molecule has 8 heteroatoms. The van der Waals surface area contributed by atoms with Gasteiger partial charge < -0.3 is 4.18 Å². The van der Waals surface area contributed by atoms with Crippen molar-refractivity contribution in [2.24, 2.45) is 0 Å². The summed E-state index contributed by atoms with van der Waals surface area (Å²) in [6, 6.07) is 9.12. The zero-order valence-corrected chi connectivity index (χ0v) is 15.3. The minimum Gasteiger partial charge on any atom is -0.378 e. The van der Waals surface area contributed by atoms with E-state index in [9.17, 15) is 22.4 Å².